The van der Waals surface area contributed by atoms with Crippen LogP contribution in [0.15, 0.2) is 12.4 Å². The molecule has 2 heterocycles. The van der Waals surface area contributed by atoms with E-state index in [2.05, 4.69) is 34.0 Å². The minimum atomic E-state index is 0.289. The molecule has 0 saturated carbocycles. The Bertz CT molecular complexity index is 382. The van der Waals surface area contributed by atoms with E-state index in [9.17, 15) is 0 Å². The third-order valence-electron chi connectivity index (χ3n) is 3.76. The maximum atomic E-state index is 5.53. The van der Waals surface area contributed by atoms with Gasteiger partial charge >= 0.3 is 0 Å². The number of aromatic nitrogens is 2. The SMILES string of the molecule is CCNCc1cnc(N2CCC(C)C(OC)C2)cn1. The summed E-state index contributed by atoms with van der Waals surface area (Å²) < 4.78 is 5.53. The lowest BCUT2D eigenvalue weighted by atomic mass is 9.96. The van der Waals surface area contributed by atoms with Crippen LogP contribution in [0.25, 0.3) is 0 Å². The van der Waals surface area contributed by atoms with Gasteiger partial charge in [-0.25, -0.2) is 4.98 Å². The van der Waals surface area contributed by atoms with Gasteiger partial charge in [0.05, 0.1) is 24.2 Å². The van der Waals surface area contributed by atoms with Crippen molar-refractivity contribution in [3.63, 3.8) is 0 Å². The van der Waals surface area contributed by atoms with E-state index in [1.54, 1.807) is 7.11 Å². The first kappa shape index (κ1) is 14.2. The molecule has 1 fully saturated rings. The number of methoxy groups -OCH3 is 1. The number of nitrogens with zero attached hydrogens (tertiary/aromatic N) is 3. The van der Waals surface area contributed by atoms with Crippen molar-refractivity contribution in [2.24, 2.45) is 5.92 Å². The second-order valence-corrected chi connectivity index (χ2v) is 5.13. The fourth-order valence-electron chi connectivity index (χ4n) is 2.40. The van der Waals surface area contributed by atoms with Crippen LogP contribution in [0.3, 0.4) is 0 Å². The van der Waals surface area contributed by atoms with Crippen molar-refractivity contribution in [3.8, 4) is 0 Å². The number of hydrogen-bond donors (Lipinski definition) is 1. The molecular weight excluding hydrogens is 240 g/mol. The molecule has 0 aromatic carbocycles. The molecule has 0 spiro atoms. The summed E-state index contributed by atoms with van der Waals surface area (Å²) in [6.07, 6.45) is 5.16. The van der Waals surface area contributed by atoms with Gasteiger partial charge in [-0.2, -0.15) is 0 Å². The van der Waals surface area contributed by atoms with Gasteiger partial charge in [0.1, 0.15) is 5.82 Å². The topological polar surface area (TPSA) is 50.3 Å². The molecule has 0 bridgehead atoms. The van der Waals surface area contributed by atoms with Gasteiger partial charge in [-0.1, -0.05) is 13.8 Å². The molecule has 0 amide bonds. The molecule has 1 aliphatic rings. The molecule has 0 aliphatic carbocycles. The summed E-state index contributed by atoms with van der Waals surface area (Å²) in [5.74, 6) is 1.57. The highest BCUT2D eigenvalue weighted by molar-refractivity contribution is 5.36. The van der Waals surface area contributed by atoms with Crippen LogP contribution in [-0.4, -0.2) is 42.8 Å². The number of nitrogens with one attached hydrogen (secondary N) is 1. The zero-order valence-corrected chi connectivity index (χ0v) is 12.1. The first-order valence-corrected chi connectivity index (χ1v) is 7.04. The summed E-state index contributed by atoms with van der Waals surface area (Å²) in [5, 5.41) is 3.25. The summed E-state index contributed by atoms with van der Waals surface area (Å²) in [5.41, 5.74) is 0.985. The van der Waals surface area contributed by atoms with E-state index in [4.69, 9.17) is 4.74 Å². The summed E-state index contributed by atoms with van der Waals surface area (Å²) >= 11 is 0. The maximum Gasteiger partial charge on any atom is 0.147 e. The summed E-state index contributed by atoms with van der Waals surface area (Å²) in [6.45, 7) is 7.99. The zero-order chi connectivity index (χ0) is 13.7. The van der Waals surface area contributed by atoms with E-state index < -0.39 is 0 Å². The number of rotatable bonds is 5. The van der Waals surface area contributed by atoms with Crippen molar-refractivity contribution in [1.29, 1.82) is 0 Å². The Kier molecular flexibility index (Phi) is 5.10. The molecule has 106 valence electrons. The van der Waals surface area contributed by atoms with Gasteiger partial charge in [0.25, 0.3) is 0 Å². The van der Waals surface area contributed by atoms with Gasteiger partial charge in [-0.15, -0.1) is 0 Å². The van der Waals surface area contributed by atoms with Gasteiger partial charge in [0.2, 0.25) is 0 Å². The number of ether oxygens (including phenoxy) is 1. The quantitative estimate of drug-likeness (QED) is 0.872. The molecular formula is C14H24N4O. The average molecular weight is 264 g/mol. The Hall–Kier alpha value is -1.20. The lowest BCUT2D eigenvalue weighted by Crippen LogP contribution is -2.44. The third-order valence-corrected chi connectivity index (χ3v) is 3.76. The average Bonchev–Trinajstić information content (AvgIpc) is 2.46. The van der Waals surface area contributed by atoms with Crippen molar-refractivity contribution in [2.75, 3.05) is 31.6 Å². The lowest BCUT2D eigenvalue weighted by molar-refractivity contribution is 0.0496. The van der Waals surface area contributed by atoms with Gasteiger partial charge in [0, 0.05) is 26.7 Å². The van der Waals surface area contributed by atoms with Crippen LogP contribution in [-0.2, 0) is 11.3 Å². The summed E-state index contributed by atoms with van der Waals surface area (Å²) in [6, 6.07) is 0. The molecule has 19 heavy (non-hydrogen) atoms. The van der Waals surface area contributed by atoms with E-state index in [1.165, 1.54) is 0 Å². The minimum Gasteiger partial charge on any atom is -0.379 e. The van der Waals surface area contributed by atoms with Gasteiger partial charge in [-0.3, -0.25) is 4.98 Å². The van der Waals surface area contributed by atoms with Crippen LogP contribution >= 0.6 is 0 Å². The van der Waals surface area contributed by atoms with Crippen LogP contribution in [0.5, 0.6) is 0 Å². The first-order valence-electron chi connectivity index (χ1n) is 7.04. The third kappa shape index (κ3) is 3.64. The molecule has 5 nitrogen and oxygen atoms in total. The van der Waals surface area contributed by atoms with Crippen molar-refractivity contribution in [1.82, 2.24) is 15.3 Å². The predicted molar refractivity (Wildman–Crippen MR) is 76.2 cm³/mol. The molecule has 0 radical (unpaired) electrons. The van der Waals surface area contributed by atoms with E-state index in [1.807, 2.05) is 12.4 Å². The Morgan fingerprint density at radius 1 is 1.42 bits per heavy atom. The largest absolute Gasteiger partial charge is 0.379 e. The standard InChI is InChI=1S/C14H24N4O/c1-4-15-7-12-8-17-14(9-16-12)18-6-5-11(2)13(10-18)19-3/h8-9,11,13,15H,4-7,10H2,1-3H3. The van der Waals surface area contributed by atoms with Gasteiger partial charge in [-0.05, 0) is 18.9 Å². The lowest BCUT2D eigenvalue weighted by Gasteiger charge is -2.36. The molecule has 2 unspecified atom stereocenters. The van der Waals surface area contributed by atoms with Crippen molar-refractivity contribution >= 4 is 5.82 Å². The van der Waals surface area contributed by atoms with Crippen molar-refractivity contribution in [2.45, 2.75) is 32.9 Å². The Morgan fingerprint density at radius 3 is 2.89 bits per heavy atom. The summed E-state index contributed by atoms with van der Waals surface area (Å²) in [7, 11) is 1.79. The Labute approximate surface area is 115 Å². The zero-order valence-electron chi connectivity index (χ0n) is 12.1. The highest BCUT2D eigenvalue weighted by atomic mass is 16.5. The smallest absolute Gasteiger partial charge is 0.147 e. The fraction of sp³-hybridized carbons (Fsp3) is 0.714. The first-order chi connectivity index (χ1) is 9.24. The van der Waals surface area contributed by atoms with Crippen LogP contribution in [0.2, 0.25) is 0 Å². The highest BCUT2D eigenvalue weighted by Crippen LogP contribution is 2.22. The van der Waals surface area contributed by atoms with Gasteiger partial charge in [0.15, 0.2) is 0 Å². The van der Waals surface area contributed by atoms with Crippen LogP contribution in [0.1, 0.15) is 26.0 Å². The molecule has 5 heteroatoms. The second kappa shape index (κ2) is 6.82. The monoisotopic (exact) mass is 264 g/mol. The van der Waals surface area contributed by atoms with Crippen LogP contribution < -0.4 is 10.2 Å². The van der Waals surface area contributed by atoms with Crippen LogP contribution in [0.4, 0.5) is 5.82 Å². The molecule has 2 atom stereocenters. The summed E-state index contributed by atoms with van der Waals surface area (Å²) in [4.78, 5) is 11.2. The molecule has 1 N–H and O–H groups in total. The van der Waals surface area contributed by atoms with Gasteiger partial charge < -0.3 is 15.0 Å². The minimum absolute atomic E-state index is 0.289. The predicted octanol–water partition coefficient (Wildman–Crippen LogP) is 1.45. The van der Waals surface area contributed by atoms with Crippen molar-refractivity contribution < 1.29 is 4.74 Å². The molecule has 2 rings (SSSR count). The Balaban J connectivity index is 1.98. The molecule has 1 aliphatic heterocycles. The maximum absolute atomic E-state index is 5.53. The molecule has 1 aromatic heterocycles. The number of hydrogen-bond acceptors (Lipinski definition) is 5. The van der Waals surface area contributed by atoms with E-state index >= 15 is 0 Å². The second-order valence-electron chi connectivity index (χ2n) is 5.13. The number of anilines is 1. The van der Waals surface area contributed by atoms with E-state index in [0.29, 0.717) is 5.92 Å². The highest BCUT2D eigenvalue weighted by Gasteiger charge is 2.26. The normalized spacial score (nSPS) is 23.6. The number of piperidine rings is 1. The van der Waals surface area contributed by atoms with Crippen molar-refractivity contribution in [3.05, 3.63) is 18.1 Å². The van der Waals surface area contributed by atoms with Crippen LogP contribution in [0, 0.1) is 5.92 Å². The molecule has 1 saturated heterocycles. The Morgan fingerprint density at radius 2 is 2.26 bits per heavy atom. The van der Waals surface area contributed by atoms with E-state index in [-0.39, 0.29) is 6.10 Å². The fourth-order valence-corrected chi connectivity index (χ4v) is 2.40. The molecule has 1 aromatic rings. The van der Waals surface area contributed by atoms with E-state index in [0.717, 1.165) is 44.1 Å².